The molecular formula is C22H26N6. The van der Waals surface area contributed by atoms with Crippen LogP contribution in [-0.2, 0) is 25.8 Å². The lowest BCUT2D eigenvalue weighted by molar-refractivity contribution is 0.616. The third-order valence-corrected chi connectivity index (χ3v) is 5.81. The Hall–Kier alpha value is -2.76. The summed E-state index contributed by atoms with van der Waals surface area (Å²) in [5.41, 5.74) is 3.67. The number of hydrogen-bond acceptors (Lipinski definition) is 5. The number of fused-ring (bicyclic) bond motifs is 2. The summed E-state index contributed by atoms with van der Waals surface area (Å²) < 4.78 is 2.31. The molecule has 3 heterocycles. The highest BCUT2D eigenvalue weighted by Crippen LogP contribution is 2.32. The van der Waals surface area contributed by atoms with E-state index in [4.69, 9.17) is 9.97 Å². The highest BCUT2D eigenvalue weighted by molar-refractivity contribution is 5.61. The molecule has 1 aromatic carbocycles. The van der Waals surface area contributed by atoms with Gasteiger partial charge in [-0.15, -0.1) is 10.2 Å². The molecular weight excluding hydrogens is 348 g/mol. The van der Waals surface area contributed by atoms with Crippen molar-refractivity contribution in [3.8, 4) is 11.4 Å². The van der Waals surface area contributed by atoms with Crippen LogP contribution in [0, 0.1) is 0 Å². The summed E-state index contributed by atoms with van der Waals surface area (Å²) in [7, 11) is 0. The van der Waals surface area contributed by atoms with Crippen molar-refractivity contribution in [3.63, 3.8) is 0 Å². The monoisotopic (exact) mass is 374 g/mol. The van der Waals surface area contributed by atoms with Gasteiger partial charge in [0.1, 0.15) is 17.5 Å². The molecule has 144 valence electrons. The van der Waals surface area contributed by atoms with Crippen molar-refractivity contribution in [3.05, 3.63) is 53.2 Å². The summed E-state index contributed by atoms with van der Waals surface area (Å²) in [6.07, 6.45) is 4.21. The molecule has 0 bridgehead atoms. The van der Waals surface area contributed by atoms with Crippen LogP contribution in [0.4, 0.5) is 5.82 Å². The number of benzene rings is 1. The molecule has 2 aliphatic rings. The number of nitrogens with zero attached hydrogens (tertiary/aromatic N) is 6. The second-order valence-corrected chi connectivity index (χ2v) is 8.03. The van der Waals surface area contributed by atoms with Crippen molar-refractivity contribution < 1.29 is 0 Å². The fourth-order valence-electron chi connectivity index (χ4n) is 4.37. The lowest BCUT2D eigenvalue weighted by Gasteiger charge is -2.24. The zero-order chi connectivity index (χ0) is 19.1. The predicted octanol–water partition coefficient (Wildman–Crippen LogP) is 3.41. The molecule has 0 spiro atoms. The quantitative estimate of drug-likeness (QED) is 0.703. The first-order valence-electron chi connectivity index (χ1n) is 10.3. The van der Waals surface area contributed by atoms with E-state index in [1.54, 1.807) is 0 Å². The highest BCUT2D eigenvalue weighted by Gasteiger charge is 2.26. The Balaban J connectivity index is 1.50. The zero-order valence-corrected chi connectivity index (χ0v) is 16.6. The standard InChI is InChI=1S/C22H26N6/c1-15(2)21-26-25-19-11-12-27(13-14-28(19)21)22-17-9-6-10-18(17)23-20(24-22)16-7-4-3-5-8-16/h3-5,7-8,15H,6,9-14H2,1-2H3. The minimum Gasteiger partial charge on any atom is -0.354 e. The average Bonchev–Trinajstić information content (AvgIpc) is 3.30. The topological polar surface area (TPSA) is 59.7 Å². The molecule has 0 amide bonds. The highest BCUT2D eigenvalue weighted by atomic mass is 15.3. The molecule has 0 N–H and O–H groups in total. The van der Waals surface area contributed by atoms with Gasteiger partial charge in [0.25, 0.3) is 0 Å². The summed E-state index contributed by atoms with van der Waals surface area (Å²) >= 11 is 0. The minimum atomic E-state index is 0.390. The van der Waals surface area contributed by atoms with Gasteiger partial charge in [0, 0.05) is 48.8 Å². The van der Waals surface area contributed by atoms with Gasteiger partial charge in [0.15, 0.2) is 5.82 Å². The van der Waals surface area contributed by atoms with Crippen molar-refractivity contribution in [2.75, 3.05) is 18.0 Å². The second-order valence-electron chi connectivity index (χ2n) is 8.03. The average molecular weight is 374 g/mol. The maximum absolute atomic E-state index is 5.05. The molecule has 0 saturated heterocycles. The first-order chi connectivity index (χ1) is 13.7. The van der Waals surface area contributed by atoms with E-state index in [1.165, 1.54) is 17.7 Å². The van der Waals surface area contributed by atoms with E-state index in [0.29, 0.717) is 5.92 Å². The van der Waals surface area contributed by atoms with Crippen LogP contribution >= 0.6 is 0 Å². The van der Waals surface area contributed by atoms with Gasteiger partial charge in [0.05, 0.1) is 0 Å². The normalized spacial score (nSPS) is 16.2. The molecule has 28 heavy (non-hydrogen) atoms. The number of aryl methyl sites for hydroxylation is 1. The maximum Gasteiger partial charge on any atom is 0.161 e. The SMILES string of the molecule is CC(C)c1nnc2n1CCN(c1nc(-c3ccccc3)nc3c1CCC3)CC2. The minimum absolute atomic E-state index is 0.390. The van der Waals surface area contributed by atoms with E-state index in [9.17, 15) is 0 Å². The molecule has 0 radical (unpaired) electrons. The van der Waals surface area contributed by atoms with E-state index >= 15 is 0 Å². The molecule has 0 fully saturated rings. The van der Waals surface area contributed by atoms with Crippen molar-refractivity contribution >= 4 is 5.82 Å². The van der Waals surface area contributed by atoms with Gasteiger partial charge in [-0.1, -0.05) is 44.2 Å². The number of aromatic nitrogens is 5. The Morgan fingerprint density at radius 3 is 2.57 bits per heavy atom. The summed E-state index contributed by atoms with van der Waals surface area (Å²) in [6, 6.07) is 10.3. The second kappa shape index (κ2) is 7.00. The molecule has 5 rings (SSSR count). The van der Waals surface area contributed by atoms with Crippen molar-refractivity contribution in [1.29, 1.82) is 0 Å². The molecule has 3 aromatic rings. The first kappa shape index (κ1) is 17.3. The number of hydrogen-bond donors (Lipinski definition) is 0. The molecule has 6 nitrogen and oxygen atoms in total. The third kappa shape index (κ3) is 2.97. The number of rotatable bonds is 3. The molecule has 0 saturated carbocycles. The third-order valence-electron chi connectivity index (χ3n) is 5.81. The van der Waals surface area contributed by atoms with E-state index in [-0.39, 0.29) is 0 Å². The summed E-state index contributed by atoms with van der Waals surface area (Å²) in [6.45, 7) is 7.14. The molecule has 0 unspecified atom stereocenters. The summed E-state index contributed by atoms with van der Waals surface area (Å²) in [4.78, 5) is 12.4. The Morgan fingerprint density at radius 1 is 0.893 bits per heavy atom. The van der Waals surface area contributed by atoms with Crippen LogP contribution in [-0.4, -0.2) is 37.8 Å². The zero-order valence-electron chi connectivity index (χ0n) is 16.6. The van der Waals surface area contributed by atoms with Crippen LogP contribution in [0.5, 0.6) is 0 Å². The van der Waals surface area contributed by atoms with Crippen LogP contribution in [0.2, 0.25) is 0 Å². The largest absolute Gasteiger partial charge is 0.354 e. The van der Waals surface area contributed by atoms with Crippen molar-refractivity contribution in [1.82, 2.24) is 24.7 Å². The van der Waals surface area contributed by atoms with Gasteiger partial charge in [-0.3, -0.25) is 0 Å². The summed E-state index contributed by atoms with van der Waals surface area (Å²) in [5, 5.41) is 8.87. The van der Waals surface area contributed by atoms with Gasteiger partial charge in [-0.25, -0.2) is 9.97 Å². The van der Waals surface area contributed by atoms with E-state index < -0.39 is 0 Å². The van der Waals surface area contributed by atoms with Gasteiger partial charge in [-0.2, -0.15) is 0 Å². The Morgan fingerprint density at radius 2 is 1.75 bits per heavy atom. The number of anilines is 1. The fraction of sp³-hybridized carbons (Fsp3) is 0.455. The molecule has 2 aromatic heterocycles. The summed E-state index contributed by atoms with van der Waals surface area (Å²) in [5.74, 6) is 4.56. The fourth-order valence-corrected chi connectivity index (χ4v) is 4.37. The lowest BCUT2D eigenvalue weighted by Crippen LogP contribution is -2.29. The van der Waals surface area contributed by atoms with Gasteiger partial charge < -0.3 is 9.47 Å². The smallest absolute Gasteiger partial charge is 0.161 e. The van der Waals surface area contributed by atoms with Crippen LogP contribution in [0.3, 0.4) is 0 Å². The Labute approximate surface area is 165 Å². The predicted molar refractivity (Wildman–Crippen MR) is 110 cm³/mol. The van der Waals surface area contributed by atoms with Gasteiger partial charge >= 0.3 is 0 Å². The van der Waals surface area contributed by atoms with Crippen LogP contribution < -0.4 is 4.90 Å². The van der Waals surface area contributed by atoms with E-state index in [1.807, 2.05) is 6.07 Å². The maximum atomic E-state index is 5.05. The van der Waals surface area contributed by atoms with Gasteiger partial charge in [0.2, 0.25) is 0 Å². The van der Waals surface area contributed by atoms with E-state index in [0.717, 1.165) is 67.8 Å². The van der Waals surface area contributed by atoms with Crippen LogP contribution in [0.1, 0.15) is 49.1 Å². The van der Waals surface area contributed by atoms with Crippen molar-refractivity contribution in [2.45, 2.75) is 52.0 Å². The van der Waals surface area contributed by atoms with Crippen molar-refractivity contribution in [2.24, 2.45) is 0 Å². The van der Waals surface area contributed by atoms with Crippen LogP contribution in [0.15, 0.2) is 30.3 Å². The molecule has 1 aliphatic heterocycles. The molecule has 1 aliphatic carbocycles. The van der Waals surface area contributed by atoms with Gasteiger partial charge in [-0.05, 0) is 19.3 Å². The molecule has 0 atom stereocenters. The first-order valence-corrected chi connectivity index (χ1v) is 10.3. The lowest BCUT2D eigenvalue weighted by atomic mass is 10.1. The van der Waals surface area contributed by atoms with E-state index in [2.05, 4.69) is 57.8 Å². The Bertz CT molecular complexity index is 992. The Kier molecular flexibility index (Phi) is 4.34. The molecule has 6 heteroatoms. The van der Waals surface area contributed by atoms with Crippen LogP contribution in [0.25, 0.3) is 11.4 Å².